The molecule has 0 amide bonds. The molecule has 2 atom stereocenters. The van der Waals surface area contributed by atoms with E-state index in [1.807, 2.05) is 0 Å². The first-order valence-electron chi connectivity index (χ1n) is 8.20. The van der Waals surface area contributed by atoms with Crippen LogP contribution in [0, 0.1) is 0 Å². The van der Waals surface area contributed by atoms with Gasteiger partial charge in [0.2, 0.25) is 0 Å². The number of benzene rings is 1. The summed E-state index contributed by atoms with van der Waals surface area (Å²) in [6.07, 6.45) is 0.317. The molecular weight excluding hydrogens is 328 g/mol. The van der Waals surface area contributed by atoms with Crippen LogP contribution in [0.2, 0.25) is 0 Å². The van der Waals surface area contributed by atoms with Crippen LogP contribution in [0.15, 0.2) is 30.4 Å². The van der Waals surface area contributed by atoms with Gasteiger partial charge in [-0.1, -0.05) is 6.58 Å². The van der Waals surface area contributed by atoms with E-state index in [1.165, 1.54) is 0 Å². The van der Waals surface area contributed by atoms with Gasteiger partial charge in [0.05, 0.1) is 13.2 Å². The molecule has 1 aromatic rings. The smallest absolute Gasteiger partial charge is 0.333 e. The minimum atomic E-state index is -0.433. The van der Waals surface area contributed by atoms with Gasteiger partial charge in [-0.3, -0.25) is 0 Å². The molecule has 1 aromatic carbocycles. The van der Waals surface area contributed by atoms with Crippen LogP contribution in [0.25, 0.3) is 0 Å². The van der Waals surface area contributed by atoms with Crippen LogP contribution in [0.5, 0.6) is 17.2 Å². The van der Waals surface area contributed by atoms with E-state index >= 15 is 0 Å². The molecule has 2 unspecified atom stereocenters. The van der Waals surface area contributed by atoms with Crippen LogP contribution in [0.4, 0.5) is 0 Å². The van der Waals surface area contributed by atoms with Gasteiger partial charge >= 0.3 is 5.97 Å². The van der Waals surface area contributed by atoms with Crippen LogP contribution >= 0.6 is 0 Å². The van der Waals surface area contributed by atoms with E-state index in [-0.39, 0.29) is 25.4 Å². The fourth-order valence-corrected chi connectivity index (χ4v) is 1.92. The molecule has 136 valence electrons. The van der Waals surface area contributed by atoms with Gasteiger partial charge in [-0.05, 0) is 19.1 Å². The first-order chi connectivity index (χ1) is 12.1. The maximum Gasteiger partial charge on any atom is 0.333 e. The Morgan fingerprint density at radius 1 is 1.08 bits per heavy atom. The van der Waals surface area contributed by atoms with E-state index in [2.05, 4.69) is 6.58 Å². The van der Waals surface area contributed by atoms with E-state index in [0.717, 1.165) is 6.61 Å². The normalized spacial score (nSPS) is 20.5. The Morgan fingerprint density at radius 2 is 1.76 bits per heavy atom. The molecule has 0 bridgehead atoms. The third kappa shape index (κ3) is 5.95. The summed E-state index contributed by atoms with van der Waals surface area (Å²) in [6.45, 7) is 7.89. The lowest BCUT2D eigenvalue weighted by Gasteiger charge is -2.14. The maximum absolute atomic E-state index is 11.3. The van der Waals surface area contributed by atoms with Gasteiger partial charge in [-0.2, -0.15) is 0 Å². The lowest BCUT2D eigenvalue weighted by molar-refractivity contribution is -0.139. The van der Waals surface area contributed by atoms with E-state index in [1.54, 1.807) is 25.1 Å². The third-order valence-electron chi connectivity index (χ3n) is 3.50. The van der Waals surface area contributed by atoms with Crippen LogP contribution in [0.3, 0.4) is 0 Å². The van der Waals surface area contributed by atoms with Gasteiger partial charge in [0.15, 0.2) is 11.5 Å². The zero-order valence-electron chi connectivity index (χ0n) is 14.2. The molecule has 0 N–H and O–H groups in total. The van der Waals surface area contributed by atoms with Gasteiger partial charge in [0.25, 0.3) is 0 Å². The SMILES string of the molecule is C=C(C)C(=O)OCCOc1ccc(OCC2CO2)cc1OCC1CO1. The summed E-state index contributed by atoms with van der Waals surface area (Å²) < 4.78 is 32.4. The van der Waals surface area contributed by atoms with Crippen molar-refractivity contribution in [3.8, 4) is 17.2 Å². The molecule has 0 saturated carbocycles. The number of esters is 1. The number of carbonyl (C=O) groups is 1. The predicted octanol–water partition coefficient (Wildman–Crippen LogP) is 1.74. The summed E-state index contributed by atoms with van der Waals surface area (Å²) in [4.78, 5) is 11.3. The van der Waals surface area contributed by atoms with Crippen molar-refractivity contribution < 1.29 is 33.2 Å². The molecule has 7 heteroatoms. The van der Waals surface area contributed by atoms with Crippen LogP contribution in [0.1, 0.15) is 6.92 Å². The quantitative estimate of drug-likeness (QED) is 0.260. The lowest BCUT2D eigenvalue weighted by atomic mass is 10.3. The van der Waals surface area contributed by atoms with Crippen molar-refractivity contribution in [1.82, 2.24) is 0 Å². The first kappa shape index (κ1) is 17.6. The van der Waals surface area contributed by atoms with Gasteiger partial charge in [-0.25, -0.2) is 4.79 Å². The van der Waals surface area contributed by atoms with Crippen LogP contribution < -0.4 is 14.2 Å². The highest BCUT2D eigenvalue weighted by atomic mass is 16.6. The van der Waals surface area contributed by atoms with Crippen molar-refractivity contribution in [1.29, 1.82) is 0 Å². The highest BCUT2D eigenvalue weighted by molar-refractivity contribution is 5.86. The summed E-state index contributed by atoms with van der Waals surface area (Å²) in [6, 6.07) is 5.35. The lowest BCUT2D eigenvalue weighted by Crippen LogP contribution is -2.13. The standard InChI is InChI=1S/C18H22O7/c1-12(2)18(19)21-6-5-20-16-4-3-13(22-8-14-9-23-14)7-17(16)25-11-15-10-24-15/h3-4,7,14-15H,1,5-6,8-11H2,2H3. The summed E-state index contributed by atoms with van der Waals surface area (Å²) in [7, 11) is 0. The average molecular weight is 350 g/mol. The molecule has 25 heavy (non-hydrogen) atoms. The summed E-state index contributed by atoms with van der Waals surface area (Å²) in [5.74, 6) is 1.37. The molecule has 0 radical (unpaired) electrons. The van der Waals surface area contributed by atoms with Crippen molar-refractivity contribution >= 4 is 5.97 Å². The number of ether oxygens (including phenoxy) is 6. The molecule has 2 aliphatic rings. The van der Waals surface area contributed by atoms with E-state index in [4.69, 9.17) is 28.4 Å². The Kier molecular flexibility index (Phi) is 5.78. The molecule has 2 aliphatic heterocycles. The number of rotatable bonds is 11. The zero-order valence-corrected chi connectivity index (χ0v) is 14.2. The maximum atomic E-state index is 11.3. The van der Waals surface area contributed by atoms with Gasteiger partial charge in [0.1, 0.15) is 44.4 Å². The molecule has 2 fully saturated rings. The van der Waals surface area contributed by atoms with Gasteiger partial charge in [-0.15, -0.1) is 0 Å². The van der Waals surface area contributed by atoms with Crippen LogP contribution in [-0.2, 0) is 19.0 Å². The van der Waals surface area contributed by atoms with Crippen molar-refractivity contribution in [2.45, 2.75) is 19.1 Å². The summed E-state index contributed by atoms with van der Waals surface area (Å²) in [5.41, 5.74) is 0.356. The summed E-state index contributed by atoms with van der Waals surface area (Å²) >= 11 is 0. The minimum Gasteiger partial charge on any atom is -0.491 e. The first-order valence-corrected chi connectivity index (χ1v) is 8.20. The highest BCUT2D eigenvalue weighted by Gasteiger charge is 2.25. The second-order valence-corrected chi connectivity index (χ2v) is 5.91. The van der Waals surface area contributed by atoms with Crippen molar-refractivity contribution in [2.24, 2.45) is 0 Å². The zero-order chi connectivity index (χ0) is 17.6. The van der Waals surface area contributed by atoms with Crippen molar-refractivity contribution in [2.75, 3.05) is 39.6 Å². The average Bonchev–Trinajstić information content (AvgIpc) is 3.49. The monoisotopic (exact) mass is 350 g/mol. The van der Waals surface area contributed by atoms with Crippen molar-refractivity contribution in [3.63, 3.8) is 0 Å². The molecule has 0 spiro atoms. The molecule has 7 nitrogen and oxygen atoms in total. The Labute approximate surface area is 146 Å². The van der Waals surface area contributed by atoms with Crippen LogP contribution in [-0.4, -0.2) is 57.8 Å². The third-order valence-corrected chi connectivity index (χ3v) is 3.50. The fraction of sp³-hybridized carbons (Fsp3) is 0.500. The number of hydrogen-bond acceptors (Lipinski definition) is 7. The topological polar surface area (TPSA) is 79.1 Å². The highest BCUT2D eigenvalue weighted by Crippen LogP contribution is 2.32. The largest absolute Gasteiger partial charge is 0.491 e. The molecule has 2 heterocycles. The Bertz CT molecular complexity index is 620. The molecule has 0 aromatic heterocycles. The minimum absolute atomic E-state index is 0.133. The Hall–Kier alpha value is -2.25. The second-order valence-electron chi connectivity index (χ2n) is 5.91. The van der Waals surface area contributed by atoms with E-state index in [9.17, 15) is 4.79 Å². The molecule has 3 rings (SSSR count). The number of hydrogen-bond donors (Lipinski definition) is 0. The van der Waals surface area contributed by atoms with E-state index < -0.39 is 5.97 Å². The number of epoxide rings is 2. The fourth-order valence-electron chi connectivity index (χ4n) is 1.92. The summed E-state index contributed by atoms with van der Waals surface area (Å²) in [5, 5.41) is 0. The second kappa shape index (κ2) is 8.22. The van der Waals surface area contributed by atoms with Gasteiger partial charge < -0.3 is 28.4 Å². The number of carbonyl (C=O) groups excluding carboxylic acids is 1. The molecule has 0 aliphatic carbocycles. The van der Waals surface area contributed by atoms with Gasteiger partial charge in [0, 0.05) is 11.6 Å². The predicted molar refractivity (Wildman–Crippen MR) is 88.2 cm³/mol. The Balaban J connectivity index is 1.53. The van der Waals surface area contributed by atoms with Crippen molar-refractivity contribution in [3.05, 3.63) is 30.4 Å². The molecule has 2 saturated heterocycles. The molecular formula is C18H22O7. The van der Waals surface area contributed by atoms with E-state index in [0.29, 0.717) is 42.6 Å². The Morgan fingerprint density at radius 3 is 2.40 bits per heavy atom.